The van der Waals surface area contributed by atoms with Gasteiger partial charge in [-0.25, -0.2) is 17.9 Å². The summed E-state index contributed by atoms with van der Waals surface area (Å²) in [6, 6.07) is 3.86. The van der Waals surface area contributed by atoms with Crippen LogP contribution in [0.15, 0.2) is 18.2 Å². The maximum Gasteiger partial charge on any atom is 0.324 e. The predicted molar refractivity (Wildman–Crippen MR) is 114 cm³/mol. The number of halogens is 1. The molecule has 1 aromatic carbocycles. The van der Waals surface area contributed by atoms with Crippen molar-refractivity contribution in [3.05, 3.63) is 28.8 Å². The molecule has 3 amide bonds. The van der Waals surface area contributed by atoms with E-state index in [0.717, 1.165) is 12.8 Å². The van der Waals surface area contributed by atoms with Crippen LogP contribution in [-0.4, -0.2) is 50.7 Å². The molecule has 2 N–H and O–H groups in total. The molecule has 166 valence electrons. The zero-order valence-corrected chi connectivity index (χ0v) is 18.4. The molecular formula is C20H28ClN3O5S. The summed E-state index contributed by atoms with van der Waals surface area (Å²) in [6.45, 7) is 0.339. The highest BCUT2D eigenvalue weighted by molar-refractivity contribution is 7.89. The van der Waals surface area contributed by atoms with Gasteiger partial charge in [0.1, 0.15) is 12.3 Å². The Hall–Kier alpha value is -1.84. The fourth-order valence-electron chi connectivity index (χ4n) is 3.05. The van der Waals surface area contributed by atoms with E-state index < -0.39 is 28.7 Å². The van der Waals surface area contributed by atoms with E-state index in [0.29, 0.717) is 31.4 Å². The Morgan fingerprint density at radius 2 is 2.10 bits per heavy atom. The maximum absolute atomic E-state index is 12.5. The van der Waals surface area contributed by atoms with E-state index in [1.165, 1.54) is 4.90 Å². The number of benzene rings is 1. The molecular weight excluding hydrogens is 430 g/mol. The molecule has 10 heteroatoms. The zero-order chi connectivity index (χ0) is 23.5. The van der Waals surface area contributed by atoms with Gasteiger partial charge < -0.3 is 9.64 Å². The van der Waals surface area contributed by atoms with Gasteiger partial charge in [-0.2, -0.15) is 0 Å². The minimum atomic E-state index is -3.55. The SMILES string of the molecule is [2H]C([2H])(Oc1cc([C@@H](C)NS(=O)(=O)CCCCCN2CC(=O)NC2=O)ccc1Cl)C1CC1. The van der Waals surface area contributed by atoms with Crippen molar-refractivity contribution in [2.24, 2.45) is 5.92 Å². The van der Waals surface area contributed by atoms with Crippen molar-refractivity contribution in [3.63, 3.8) is 0 Å². The van der Waals surface area contributed by atoms with Crippen molar-refractivity contribution >= 4 is 33.6 Å². The number of amides is 3. The lowest BCUT2D eigenvalue weighted by Crippen LogP contribution is -2.30. The quantitative estimate of drug-likeness (QED) is 0.369. The molecule has 1 saturated heterocycles. The molecule has 1 atom stereocenters. The first kappa shape index (κ1) is 20.1. The fraction of sp³-hybridized carbons (Fsp3) is 0.600. The number of sulfonamides is 1. The molecule has 30 heavy (non-hydrogen) atoms. The molecule has 1 saturated carbocycles. The van der Waals surface area contributed by atoms with Crippen LogP contribution in [0.3, 0.4) is 0 Å². The second kappa shape index (κ2) is 9.98. The number of urea groups is 1. The molecule has 0 spiro atoms. The van der Waals surface area contributed by atoms with Crippen LogP contribution in [0, 0.1) is 5.92 Å². The van der Waals surface area contributed by atoms with Crippen LogP contribution in [0.2, 0.25) is 5.02 Å². The van der Waals surface area contributed by atoms with Crippen molar-refractivity contribution in [1.29, 1.82) is 0 Å². The van der Waals surface area contributed by atoms with E-state index in [1.54, 1.807) is 25.1 Å². The Labute approximate surface area is 185 Å². The number of ether oxygens (including phenoxy) is 1. The highest BCUT2D eigenvalue weighted by Gasteiger charge is 2.26. The lowest BCUT2D eigenvalue weighted by atomic mass is 10.1. The summed E-state index contributed by atoms with van der Waals surface area (Å²) in [5.74, 6) is -0.353. The average Bonchev–Trinajstić information content (AvgIpc) is 3.49. The van der Waals surface area contributed by atoms with Gasteiger partial charge in [0.25, 0.3) is 0 Å². The zero-order valence-electron chi connectivity index (χ0n) is 18.8. The van der Waals surface area contributed by atoms with Crippen LogP contribution < -0.4 is 14.8 Å². The summed E-state index contributed by atoms with van der Waals surface area (Å²) in [4.78, 5) is 24.0. The predicted octanol–water partition coefficient (Wildman–Crippen LogP) is 2.83. The van der Waals surface area contributed by atoms with Crippen LogP contribution in [0.25, 0.3) is 0 Å². The van der Waals surface area contributed by atoms with E-state index in [-0.39, 0.29) is 34.9 Å². The second-order valence-corrected chi connectivity index (χ2v) is 9.96. The molecule has 2 fully saturated rings. The van der Waals surface area contributed by atoms with Gasteiger partial charge in [0.05, 0.1) is 20.1 Å². The van der Waals surface area contributed by atoms with Crippen molar-refractivity contribution in [3.8, 4) is 5.75 Å². The van der Waals surface area contributed by atoms with E-state index in [1.807, 2.05) is 0 Å². The fourth-order valence-corrected chi connectivity index (χ4v) is 4.58. The van der Waals surface area contributed by atoms with Gasteiger partial charge in [0.15, 0.2) is 0 Å². The third-order valence-electron chi connectivity index (χ3n) is 4.93. The summed E-state index contributed by atoms with van der Waals surface area (Å²) in [5, 5.41) is 2.47. The smallest absolute Gasteiger partial charge is 0.324 e. The normalized spacial score (nSPS) is 19.3. The lowest BCUT2D eigenvalue weighted by Gasteiger charge is -2.17. The molecule has 0 unspecified atom stereocenters. The van der Waals surface area contributed by atoms with Crippen LogP contribution in [0.5, 0.6) is 5.75 Å². The third kappa shape index (κ3) is 6.85. The first-order chi connectivity index (χ1) is 15.0. The van der Waals surface area contributed by atoms with Crippen LogP contribution >= 0.6 is 11.6 Å². The Kier molecular flexibility index (Phi) is 6.68. The summed E-state index contributed by atoms with van der Waals surface area (Å²) >= 11 is 6.15. The van der Waals surface area contributed by atoms with Crippen molar-refractivity contribution in [2.75, 3.05) is 25.4 Å². The van der Waals surface area contributed by atoms with Crippen LogP contribution in [0.1, 0.15) is 53.4 Å². The van der Waals surface area contributed by atoms with E-state index in [2.05, 4.69) is 10.0 Å². The molecule has 3 rings (SSSR count). The number of unbranched alkanes of at least 4 members (excludes halogenated alkanes) is 2. The minimum absolute atomic E-state index is 0.0468. The Balaban J connectivity index is 1.47. The number of hydrogen-bond donors (Lipinski definition) is 2. The molecule has 2 aliphatic rings. The Morgan fingerprint density at radius 3 is 2.77 bits per heavy atom. The third-order valence-corrected chi connectivity index (χ3v) is 6.78. The highest BCUT2D eigenvalue weighted by atomic mass is 35.5. The maximum atomic E-state index is 12.5. The average molecular weight is 460 g/mol. The number of carbonyl (C=O) groups excluding carboxylic acids is 2. The Morgan fingerprint density at radius 1 is 1.33 bits per heavy atom. The largest absolute Gasteiger partial charge is 0.492 e. The molecule has 0 bridgehead atoms. The number of hydrogen-bond acceptors (Lipinski definition) is 5. The molecule has 1 aliphatic heterocycles. The van der Waals surface area contributed by atoms with Crippen LogP contribution in [-0.2, 0) is 14.8 Å². The summed E-state index contributed by atoms with van der Waals surface area (Å²) in [6.07, 6.45) is 3.16. The number of nitrogens with one attached hydrogen (secondary N) is 2. The Bertz CT molecular complexity index is 972. The monoisotopic (exact) mass is 459 g/mol. The van der Waals surface area contributed by atoms with Gasteiger partial charge in [-0.1, -0.05) is 24.1 Å². The summed E-state index contributed by atoms with van der Waals surface area (Å²) < 4.78 is 49.1. The molecule has 1 aliphatic carbocycles. The van der Waals surface area contributed by atoms with Crippen LogP contribution in [0.4, 0.5) is 4.79 Å². The topological polar surface area (TPSA) is 105 Å². The lowest BCUT2D eigenvalue weighted by molar-refractivity contribution is -0.118. The van der Waals surface area contributed by atoms with E-state index >= 15 is 0 Å². The van der Waals surface area contributed by atoms with Crippen molar-refractivity contribution in [2.45, 2.75) is 45.1 Å². The highest BCUT2D eigenvalue weighted by Crippen LogP contribution is 2.33. The first-order valence-corrected chi connectivity index (χ1v) is 12.1. The number of carbonyl (C=O) groups is 2. The molecule has 0 aromatic heterocycles. The van der Waals surface area contributed by atoms with E-state index in [4.69, 9.17) is 19.1 Å². The van der Waals surface area contributed by atoms with Gasteiger partial charge in [0, 0.05) is 12.6 Å². The van der Waals surface area contributed by atoms with Gasteiger partial charge >= 0.3 is 6.03 Å². The van der Waals surface area contributed by atoms with Gasteiger partial charge in [0.2, 0.25) is 15.9 Å². The summed E-state index contributed by atoms with van der Waals surface area (Å²) in [7, 11) is -3.55. The number of imide groups is 1. The number of rotatable bonds is 12. The van der Waals surface area contributed by atoms with E-state index in [9.17, 15) is 18.0 Å². The molecule has 0 radical (unpaired) electrons. The van der Waals surface area contributed by atoms with Gasteiger partial charge in [-0.15, -0.1) is 0 Å². The molecule has 8 nitrogen and oxygen atoms in total. The second-order valence-electron chi connectivity index (χ2n) is 7.68. The van der Waals surface area contributed by atoms with Gasteiger partial charge in [-0.05, 0) is 56.2 Å². The molecule has 1 aromatic rings. The molecule has 1 heterocycles. The first-order valence-electron chi connectivity index (χ1n) is 11.0. The van der Waals surface area contributed by atoms with Crippen molar-refractivity contribution in [1.82, 2.24) is 14.9 Å². The number of nitrogens with zero attached hydrogens (tertiary/aromatic N) is 1. The van der Waals surface area contributed by atoms with Crippen molar-refractivity contribution < 1.29 is 25.5 Å². The standard InChI is InChI=1S/C20H28ClN3O5S/c1-14(16-7-8-17(21)18(11-16)29-13-15-5-6-15)23-30(27,28)10-4-2-3-9-24-12-19(25)22-20(24)26/h7-8,11,14-15,23H,2-6,9-10,12-13H2,1H3,(H,22,25,26)/t14-/m1/s1/i13D2. The minimum Gasteiger partial charge on any atom is -0.492 e. The van der Waals surface area contributed by atoms with Gasteiger partial charge in [-0.3, -0.25) is 10.1 Å². The summed E-state index contributed by atoms with van der Waals surface area (Å²) in [5.41, 5.74) is 0.615.